The van der Waals surface area contributed by atoms with Crippen LogP contribution in [0.1, 0.15) is 63.5 Å². The Morgan fingerprint density at radius 1 is 1.14 bits per heavy atom. The molecule has 0 unspecified atom stereocenters. The van der Waals surface area contributed by atoms with E-state index in [9.17, 15) is 12.8 Å². The van der Waals surface area contributed by atoms with Gasteiger partial charge in [-0.25, -0.2) is 12.8 Å². The molecule has 1 N–H and O–H groups in total. The lowest BCUT2D eigenvalue weighted by Gasteiger charge is -2.36. The van der Waals surface area contributed by atoms with Gasteiger partial charge in [-0.3, -0.25) is 4.31 Å². The van der Waals surface area contributed by atoms with Crippen LogP contribution in [-0.2, 0) is 19.3 Å². The fraction of sp³-hybridized carbons (Fsp3) is 0.516. The van der Waals surface area contributed by atoms with Crippen molar-refractivity contribution in [1.82, 2.24) is 5.32 Å². The molecule has 1 aromatic heterocycles. The first-order chi connectivity index (χ1) is 19.8. The normalized spacial score (nSPS) is 16.2. The van der Waals surface area contributed by atoms with Crippen molar-refractivity contribution in [3.63, 3.8) is 0 Å². The summed E-state index contributed by atoms with van der Waals surface area (Å²) in [5, 5.41) is 8.49. The minimum absolute atomic E-state index is 0.125. The van der Waals surface area contributed by atoms with Crippen LogP contribution in [0.4, 0.5) is 10.1 Å². The maximum atomic E-state index is 13.8. The van der Waals surface area contributed by atoms with Crippen LogP contribution in [0.3, 0.4) is 0 Å². The van der Waals surface area contributed by atoms with Gasteiger partial charge in [-0.05, 0) is 85.6 Å². The predicted molar refractivity (Wildman–Crippen MR) is 169 cm³/mol. The van der Waals surface area contributed by atoms with Gasteiger partial charge in [0.1, 0.15) is 23.8 Å². The maximum absolute atomic E-state index is 13.8. The zero-order valence-corrected chi connectivity index (χ0v) is 27.2. The lowest BCUT2D eigenvalue weighted by atomic mass is 10.00. The third-order valence-corrected chi connectivity index (χ3v) is 14.3. The van der Waals surface area contributed by atoms with E-state index >= 15 is 0 Å². The van der Waals surface area contributed by atoms with Crippen LogP contribution >= 0.6 is 0 Å². The molecule has 2 heterocycles. The van der Waals surface area contributed by atoms with Crippen molar-refractivity contribution < 1.29 is 26.5 Å². The van der Waals surface area contributed by atoms with Crippen LogP contribution in [0.15, 0.2) is 46.0 Å². The number of fused-ring (bicyclic) bond motifs is 1. The van der Waals surface area contributed by atoms with Crippen LogP contribution in [0.2, 0.25) is 18.1 Å². The van der Waals surface area contributed by atoms with E-state index in [2.05, 4.69) is 44.3 Å². The largest absolute Gasteiger partial charge is 0.455 e. The fourth-order valence-electron chi connectivity index (χ4n) is 4.98. The van der Waals surface area contributed by atoms with Crippen molar-refractivity contribution in [3.05, 3.63) is 53.3 Å². The van der Waals surface area contributed by atoms with Crippen molar-refractivity contribution in [1.29, 1.82) is 0 Å². The molecule has 5 rings (SSSR count). The molecule has 0 radical (unpaired) electrons. The fourth-order valence-corrected chi connectivity index (χ4v) is 7.05. The molecular weight excluding hydrogens is 574 g/mol. The molecule has 228 valence electrons. The molecule has 2 aromatic carbocycles. The van der Waals surface area contributed by atoms with Crippen molar-refractivity contribution in [3.8, 4) is 11.3 Å². The Morgan fingerprint density at radius 3 is 2.45 bits per heavy atom. The third-order valence-electron chi connectivity index (χ3n) is 8.53. The number of sulfonamides is 1. The second-order valence-electron chi connectivity index (χ2n) is 12.8. The summed E-state index contributed by atoms with van der Waals surface area (Å²) in [5.74, 6) is 0.986. The van der Waals surface area contributed by atoms with E-state index in [1.54, 1.807) is 12.1 Å². The standard InChI is InChI=1S/C31H42FN3O5SSi/c1-31(2,3)42(5,6)39-17-8-7-16-35(41(4,36)37)26-20-27-25(19-24(26)21-9-10-21)28(30-33-15-18-38-34-30)29(40-27)22-11-13-23(32)14-12-22/h11-14,19-21H,7-10,15-18H2,1-6H3,(H,33,34). The Kier molecular flexibility index (Phi) is 8.48. The van der Waals surface area contributed by atoms with Gasteiger partial charge in [0.2, 0.25) is 10.0 Å². The number of unbranched alkanes of at least 4 members (excludes halogenated alkanes) is 1. The van der Waals surface area contributed by atoms with E-state index in [-0.39, 0.29) is 16.8 Å². The summed E-state index contributed by atoms with van der Waals surface area (Å²) in [5.41, 5.74) is 3.58. The maximum Gasteiger partial charge on any atom is 0.232 e. The Morgan fingerprint density at radius 2 is 1.86 bits per heavy atom. The Balaban J connectivity index is 1.51. The van der Waals surface area contributed by atoms with Gasteiger partial charge in [0, 0.05) is 30.2 Å². The molecule has 3 aromatic rings. The number of benzene rings is 2. The number of hydrogen-bond acceptors (Lipinski definition) is 7. The van der Waals surface area contributed by atoms with E-state index in [1.165, 1.54) is 22.7 Å². The highest BCUT2D eigenvalue weighted by Gasteiger charge is 2.37. The summed E-state index contributed by atoms with van der Waals surface area (Å²) >= 11 is 0. The lowest BCUT2D eigenvalue weighted by molar-refractivity contribution is 0.136. The molecule has 1 aliphatic carbocycles. The predicted octanol–water partition coefficient (Wildman–Crippen LogP) is 6.97. The number of oxime groups is 1. The first kappa shape index (κ1) is 30.6. The molecule has 42 heavy (non-hydrogen) atoms. The van der Waals surface area contributed by atoms with E-state index in [0.717, 1.165) is 35.8 Å². The summed E-state index contributed by atoms with van der Waals surface area (Å²) in [6.45, 7) is 13.1. The van der Waals surface area contributed by atoms with E-state index in [4.69, 9.17) is 13.7 Å². The molecule has 0 amide bonds. The summed E-state index contributed by atoms with van der Waals surface area (Å²) in [6, 6.07) is 10.00. The zero-order chi connectivity index (χ0) is 30.3. The van der Waals surface area contributed by atoms with E-state index < -0.39 is 18.3 Å². The molecule has 0 atom stereocenters. The van der Waals surface area contributed by atoms with Gasteiger partial charge in [0.25, 0.3) is 0 Å². The van der Waals surface area contributed by atoms with Crippen LogP contribution in [-0.4, -0.2) is 55.1 Å². The molecule has 11 heteroatoms. The smallest absolute Gasteiger partial charge is 0.232 e. The van der Waals surface area contributed by atoms with Gasteiger partial charge >= 0.3 is 0 Å². The highest BCUT2D eigenvalue weighted by Crippen LogP contribution is 2.48. The van der Waals surface area contributed by atoms with Crippen LogP contribution in [0.5, 0.6) is 0 Å². The monoisotopic (exact) mass is 615 g/mol. The number of amidine groups is 1. The highest BCUT2D eigenvalue weighted by atomic mass is 32.2. The number of anilines is 1. The van der Waals surface area contributed by atoms with E-state index in [1.807, 2.05) is 12.1 Å². The van der Waals surface area contributed by atoms with Crippen LogP contribution < -0.4 is 9.62 Å². The quantitative estimate of drug-likeness (QED) is 0.185. The summed E-state index contributed by atoms with van der Waals surface area (Å²) < 4.78 is 54.4. The molecule has 0 bridgehead atoms. The summed E-state index contributed by atoms with van der Waals surface area (Å²) in [7, 11) is -5.44. The van der Waals surface area contributed by atoms with E-state index in [0.29, 0.717) is 61.2 Å². The highest BCUT2D eigenvalue weighted by molar-refractivity contribution is 7.92. The van der Waals surface area contributed by atoms with Crippen molar-refractivity contribution in [2.45, 2.75) is 70.5 Å². The Labute approximate surface area is 249 Å². The topological polar surface area (TPSA) is 93.4 Å². The van der Waals surface area contributed by atoms with Crippen molar-refractivity contribution in [2.75, 3.05) is 36.9 Å². The second kappa shape index (κ2) is 11.7. The minimum atomic E-state index is -3.57. The lowest BCUT2D eigenvalue weighted by Crippen LogP contribution is -2.41. The third kappa shape index (κ3) is 6.52. The first-order valence-electron chi connectivity index (χ1n) is 14.7. The number of hydrogen-bond donors (Lipinski definition) is 1. The molecule has 8 nitrogen and oxygen atoms in total. The molecule has 2 aliphatic rings. The number of rotatable bonds is 11. The Bertz CT molecular complexity index is 1570. The van der Waals surface area contributed by atoms with Gasteiger partial charge < -0.3 is 19.0 Å². The molecule has 1 aliphatic heterocycles. The first-order valence-corrected chi connectivity index (χ1v) is 19.4. The Hall–Kier alpha value is -2.89. The molecule has 0 spiro atoms. The van der Waals surface area contributed by atoms with Crippen LogP contribution in [0.25, 0.3) is 22.3 Å². The second-order valence-corrected chi connectivity index (χ2v) is 19.6. The van der Waals surface area contributed by atoms with Crippen molar-refractivity contribution in [2.24, 2.45) is 5.16 Å². The van der Waals surface area contributed by atoms with Crippen LogP contribution in [0, 0.1) is 5.82 Å². The molecular formula is C31H42FN3O5SSi. The van der Waals surface area contributed by atoms with Gasteiger partial charge in [-0.1, -0.05) is 25.9 Å². The number of nitrogens with zero attached hydrogens (tertiary/aromatic N) is 2. The van der Waals surface area contributed by atoms with Gasteiger partial charge in [0.05, 0.1) is 24.1 Å². The molecule has 0 saturated heterocycles. The number of furan rings is 1. The average Bonchev–Trinajstić information content (AvgIpc) is 3.70. The SMILES string of the molecule is CC(C)(C)[Si](C)(C)OCCCCN(c1cc2oc(-c3ccc(F)cc3)c(C3=NOCCN3)c2cc1C1CC1)S(C)(=O)=O. The number of halogens is 1. The zero-order valence-electron chi connectivity index (χ0n) is 25.4. The van der Waals surface area contributed by atoms with Gasteiger partial charge in [-0.15, -0.1) is 0 Å². The molecule has 1 saturated carbocycles. The van der Waals surface area contributed by atoms with Gasteiger partial charge in [-0.2, -0.15) is 0 Å². The van der Waals surface area contributed by atoms with Crippen molar-refractivity contribution >= 4 is 40.8 Å². The summed E-state index contributed by atoms with van der Waals surface area (Å²) in [4.78, 5) is 5.39. The average molecular weight is 616 g/mol. The minimum Gasteiger partial charge on any atom is -0.455 e. The summed E-state index contributed by atoms with van der Waals surface area (Å²) in [6.07, 6.45) is 4.69. The number of nitrogens with one attached hydrogen (secondary N) is 1. The molecule has 1 fully saturated rings. The van der Waals surface area contributed by atoms with Gasteiger partial charge in [0.15, 0.2) is 14.2 Å².